The van der Waals surface area contributed by atoms with Crippen LogP contribution < -0.4 is 0 Å². The Kier molecular flexibility index (Phi) is 3.52. The first-order valence-electron chi connectivity index (χ1n) is 3.63. The van der Waals surface area contributed by atoms with E-state index in [0.29, 0.717) is 0 Å². The maximum Gasteiger partial charge on any atom is 0.266 e. The summed E-state index contributed by atoms with van der Waals surface area (Å²) in [6, 6.07) is 0. The van der Waals surface area contributed by atoms with E-state index in [0.717, 1.165) is 6.20 Å². The highest BCUT2D eigenvalue weighted by molar-refractivity contribution is 8.13. The molecule has 0 aliphatic rings. The van der Waals surface area contributed by atoms with E-state index in [4.69, 9.17) is 22.3 Å². The van der Waals surface area contributed by atoms with E-state index in [-0.39, 0.29) is 10.7 Å². The standard InChI is InChI=1S/C7H5Cl2F2NO2S/c1-3-6(8)5(7(10)11)4(2-12-3)15(9,13)14/h2,7H,1H3. The van der Waals surface area contributed by atoms with Gasteiger partial charge in [0.2, 0.25) is 0 Å². The third-order valence-electron chi connectivity index (χ3n) is 1.68. The van der Waals surface area contributed by atoms with Crippen LogP contribution in [0.1, 0.15) is 17.7 Å². The van der Waals surface area contributed by atoms with Crippen molar-refractivity contribution >= 4 is 31.3 Å². The normalized spacial score (nSPS) is 12.1. The number of hydrogen-bond acceptors (Lipinski definition) is 3. The maximum atomic E-state index is 12.6. The van der Waals surface area contributed by atoms with Gasteiger partial charge in [0.05, 0.1) is 16.3 Å². The number of alkyl halides is 2. The van der Waals surface area contributed by atoms with E-state index in [1.165, 1.54) is 6.92 Å². The van der Waals surface area contributed by atoms with E-state index in [2.05, 4.69) is 4.98 Å². The molecule has 1 aromatic heterocycles. The van der Waals surface area contributed by atoms with Gasteiger partial charge >= 0.3 is 0 Å². The summed E-state index contributed by atoms with van der Waals surface area (Å²) in [6.07, 6.45) is -2.26. The number of rotatable bonds is 2. The molecule has 0 fully saturated rings. The summed E-state index contributed by atoms with van der Waals surface area (Å²) in [7, 11) is 0.700. The fourth-order valence-corrected chi connectivity index (χ4v) is 2.27. The Morgan fingerprint density at radius 3 is 2.40 bits per heavy atom. The van der Waals surface area contributed by atoms with Crippen LogP contribution in [0.2, 0.25) is 5.02 Å². The Morgan fingerprint density at radius 2 is 2.00 bits per heavy atom. The molecule has 3 nitrogen and oxygen atoms in total. The molecule has 15 heavy (non-hydrogen) atoms. The topological polar surface area (TPSA) is 47.0 Å². The van der Waals surface area contributed by atoms with Gasteiger partial charge in [-0.1, -0.05) is 11.6 Å². The van der Waals surface area contributed by atoms with Crippen molar-refractivity contribution in [1.29, 1.82) is 0 Å². The predicted octanol–water partition coefficient (Wildman–Crippen LogP) is 2.91. The molecule has 8 heteroatoms. The summed E-state index contributed by atoms with van der Waals surface area (Å²) in [6.45, 7) is 1.39. The quantitative estimate of drug-likeness (QED) is 0.780. The van der Waals surface area contributed by atoms with Crippen molar-refractivity contribution in [1.82, 2.24) is 4.98 Å². The second-order valence-corrected chi connectivity index (χ2v) is 5.59. The Labute approximate surface area is 94.4 Å². The molecule has 0 unspecified atom stereocenters. The largest absolute Gasteiger partial charge is 0.266 e. The van der Waals surface area contributed by atoms with Crippen molar-refractivity contribution in [3.05, 3.63) is 22.5 Å². The van der Waals surface area contributed by atoms with Gasteiger partial charge in [0.25, 0.3) is 15.5 Å². The van der Waals surface area contributed by atoms with Crippen molar-refractivity contribution in [2.75, 3.05) is 0 Å². The molecule has 0 N–H and O–H groups in total. The van der Waals surface area contributed by atoms with Crippen LogP contribution >= 0.6 is 22.3 Å². The third-order valence-corrected chi connectivity index (χ3v) is 3.50. The Morgan fingerprint density at radius 1 is 1.47 bits per heavy atom. The molecule has 0 radical (unpaired) electrons. The van der Waals surface area contributed by atoms with E-state index >= 15 is 0 Å². The zero-order valence-electron chi connectivity index (χ0n) is 7.34. The minimum atomic E-state index is -4.27. The summed E-state index contributed by atoms with van der Waals surface area (Å²) in [5.41, 5.74) is -0.685. The predicted molar refractivity (Wildman–Crippen MR) is 52.0 cm³/mol. The first kappa shape index (κ1) is 12.6. The number of halogens is 4. The smallest absolute Gasteiger partial charge is 0.259 e. The van der Waals surface area contributed by atoms with Gasteiger partial charge in [-0.2, -0.15) is 0 Å². The van der Waals surface area contributed by atoms with E-state index in [1.807, 2.05) is 0 Å². The van der Waals surface area contributed by atoms with Crippen LogP contribution in [0.4, 0.5) is 8.78 Å². The lowest BCUT2D eigenvalue weighted by Gasteiger charge is -2.09. The summed E-state index contributed by atoms with van der Waals surface area (Å²) in [5, 5.41) is -0.383. The van der Waals surface area contributed by atoms with Crippen LogP contribution in [0.25, 0.3) is 0 Å². The fraction of sp³-hybridized carbons (Fsp3) is 0.286. The van der Waals surface area contributed by atoms with E-state index in [1.54, 1.807) is 0 Å². The monoisotopic (exact) mass is 275 g/mol. The highest BCUT2D eigenvalue weighted by atomic mass is 35.7. The number of aromatic nitrogens is 1. The van der Waals surface area contributed by atoms with Crippen molar-refractivity contribution in [2.45, 2.75) is 18.2 Å². The Bertz CT molecular complexity index is 490. The lowest BCUT2D eigenvalue weighted by Crippen LogP contribution is -2.02. The van der Waals surface area contributed by atoms with Gasteiger partial charge in [-0.25, -0.2) is 17.2 Å². The molecule has 84 valence electrons. The summed E-state index contributed by atoms with van der Waals surface area (Å²) in [5.74, 6) is 0. The minimum Gasteiger partial charge on any atom is -0.259 e. The lowest BCUT2D eigenvalue weighted by atomic mass is 10.2. The molecule has 0 aliphatic carbocycles. The second-order valence-electron chi connectivity index (χ2n) is 2.67. The molecule has 0 bridgehead atoms. The minimum absolute atomic E-state index is 0.121. The van der Waals surface area contributed by atoms with Crippen molar-refractivity contribution in [2.24, 2.45) is 0 Å². The molecular formula is C7H5Cl2F2NO2S. The lowest BCUT2D eigenvalue weighted by molar-refractivity contribution is 0.148. The van der Waals surface area contributed by atoms with Gasteiger partial charge < -0.3 is 0 Å². The average Bonchev–Trinajstić information content (AvgIpc) is 2.06. The molecule has 0 aromatic carbocycles. The molecule has 0 amide bonds. The highest BCUT2D eigenvalue weighted by Gasteiger charge is 2.26. The number of pyridine rings is 1. The number of hydrogen-bond donors (Lipinski definition) is 0. The Hall–Kier alpha value is -0.460. The summed E-state index contributed by atoms with van der Waals surface area (Å²) >= 11 is 5.53. The molecule has 1 rings (SSSR count). The van der Waals surface area contributed by atoms with Crippen LogP contribution in [-0.2, 0) is 9.05 Å². The van der Waals surface area contributed by atoms with Gasteiger partial charge in [-0.05, 0) is 6.92 Å². The molecule has 0 aliphatic heterocycles. The third kappa shape index (κ3) is 2.56. The van der Waals surface area contributed by atoms with Crippen molar-refractivity contribution < 1.29 is 17.2 Å². The van der Waals surface area contributed by atoms with E-state index < -0.39 is 25.9 Å². The van der Waals surface area contributed by atoms with Crippen LogP contribution in [-0.4, -0.2) is 13.4 Å². The number of nitrogens with zero attached hydrogens (tertiary/aromatic N) is 1. The van der Waals surface area contributed by atoms with Crippen molar-refractivity contribution in [3.63, 3.8) is 0 Å². The molecule has 1 heterocycles. The Balaban J connectivity index is 3.62. The molecule has 1 aromatic rings. The first-order chi connectivity index (χ1) is 6.75. The number of aryl methyl sites for hydroxylation is 1. The fourth-order valence-electron chi connectivity index (χ4n) is 0.982. The molecule has 0 spiro atoms. The molecular weight excluding hydrogens is 271 g/mol. The van der Waals surface area contributed by atoms with E-state index in [9.17, 15) is 17.2 Å². The average molecular weight is 276 g/mol. The highest BCUT2D eigenvalue weighted by Crippen LogP contribution is 2.35. The van der Waals surface area contributed by atoms with Gasteiger partial charge in [0, 0.05) is 16.9 Å². The SMILES string of the molecule is Cc1ncc(S(=O)(=O)Cl)c(C(F)F)c1Cl. The van der Waals surface area contributed by atoms with Gasteiger partial charge in [-0.3, -0.25) is 4.98 Å². The van der Waals surface area contributed by atoms with Gasteiger partial charge in [-0.15, -0.1) is 0 Å². The molecule has 0 saturated carbocycles. The zero-order valence-corrected chi connectivity index (χ0v) is 9.67. The maximum absolute atomic E-state index is 12.6. The molecule has 0 saturated heterocycles. The summed E-state index contributed by atoms with van der Waals surface area (Å²) < 4.78 is 47.0. The van der Waals surface area contributed by atoms with Crippen LogP contribution in [0.3, 0.4) is 0 Å². The van der Waals surface area contributed by atoms with Crippen LogP contribution in [0, 0.1) is 6.92 Å². The second kappa shape index (κ2) is 4.19. The summed E-state index contributed by atoms with van der Waals surface area (Å²) in [4.78, 5) is 2.80. The molecule has 0 atom stereocenters. The zero-order chi connectivity index (χ0) is 11.8. The van der Waals surface area contributed by atoms with Crippen molar-refractivity contribution in [3.8, 4) is 0 Å². The van der Waals surface area contributed by atoms with Gasteiger partial charge in [0.15, 0.2) is 0 Å². The van der Waals surface area contributed by atoms with Gasteiger partial charge in [0.1, 0.15) is 4.90 Å². The first-order valence-corrected chi connectivity index (χ1v) is 6.31. The van der Waals surface area contributed by atoms with Crippen LogP contribution in [0.15, 0.2) is 11.1 Å². The van der Waals surface area contributed by atoms with Crippen LogP contribution in [0.5, 0.6) is 0 Å².